The molecule has 0 saturated carbocycles. The molecule has 104 valence electrons. The Morgan fingerprint density at radius 1 is 1.50 bits per heavy atom. The lowest BCUT2D eigenvalue weighted by Crippen LogP contribution is -2.38. The summed E-state index contributed by atoms with van der Waals surface area (Å²) >= 11 is 4.98. The first-order valence-electron chi connectivity index (χ1n) is 6.79. The molecule has 1 amide bonds. The lowest BCUT2D eigenvalue weighted by atomic mass is 9.77. The molecule has 2 N–H and O–H groups in total. The number of nitrogens with zero attached hydrogens (tertiary/aromatic N) is 1. The molecule has 1 rings (SSSR count). The van der Waals surface area contributed by atoms with E-state index in [9.17, 15) is 4.79 Å². The van der Waals surface area contributed by atoms with E-state index in [1.165, 1.54) is 0 Å². The third kappa shape index (κ3) is 4.23. The summed E-state index contributed by atoms with van der Waals surface area (Å²) in [6.07, 6.45) is 2.74. The van der Waals surface area contributed by atoms with Gasteiger partial charge in [0.1, 0.15) is 0 Å². The quantitative estimate of drug-likeness (QED) is 0.802. The van der Waals surface area contributed by atoms with E-state index in [1.807, 2.05) is 11.8 Å². The van der Waals surface area contributed by atoms with Gasteiger partial charge in [-0.15, -0.1) is 0 Å². The van der Waals surface area contributed by atoms with Crippen molar-refractivity contribution in [3.05, 3.63) is 0 Å². The standard InChI is InChI=1S/C14H26N2OS/c1-10(13(15)18)9-16-8-7-11(14(2,3)4)5-6-12(16)17/h10-11H,5-9H2,1-4H3,(H2,15,18). The van der Waals surface area contributed by atoms with E-state index in [-0.39, 0.29) is 17.2 Å². The van der Waals surface area contributed by atoms with Gasteiger partial charge in [-0.05, 0) is 24.2 Å². The SMILES string of the molecule is CC(CN1CCC(C(C)(C)C)CCC1=O)C(N)=S. The Labute approximate surface area is 116 Å². The van der Waals surface area contributed by atoms with E-state index in [0.29, 0.717) is 23.9 Å². The molecule has 1 fully saturated rings. The van der Waals surface area contributed by atoms with Gasteiger partial charge in [0, 0.05) is 25.4 Å². The van der Waals surface area contributed by atoms with Crippen LogP contribution in [0.1, 0.15) is 47.0 Å². The van der Waals surface area contributed by atoms with Crippen molar-refractivity contribution >= 4 is 23.1 Å². The predicted molar refractivity (Wildman–Crippen MR) is 79.3 cm³/mol. The highest BCUT2D eigenvalue weighted by Gasteiger charge is 2.30. The maximum atomic E-state index is 12.1. The van der Waals surface area contributed by atoms with Gasteiger partial charge in [0.25, 0.3) is 0 Å². The van der Waals surface area contributed by atoms with Gasteiger partial charge in [-0.2, -0.15) is 0 Å². The highest BCUT2D eigenvalue weighted by molar-refractivity contribution is 7.80. The molecular weight excluding hydrogens is 244 g/mol. The fraction of sp³-hybridized carbons (Fsp3) is 0.857. The molecule has 0 spiro atoms. The molecule has 1 heterocycles. The molecule has 1 aliphatic heterocycles. The molecule has 18 heavy (non-hydrogen) atoms. The zero-order valence-corrected chi connectivity index (χ0v) is 12.8. The highest BCUT2D eigenvalue weighted by Crippen LogP contribution is 2.34. The molecule has 0 aromatic carbocycles. The summed E-state index contributed by atoms with van der Waals surface area (Å²) in [5.74, 6) is 0.978. The summed E-state index contributed by atoms with van der Waals surface area (Å²) in [6, 6.07) is 0. The van der Waals surface area contributed by atoms with Gasteiger partial charge in [-0.3, -0.25) is 4.79 Å². The van der Waals surface area contributed by atoms with Gasteiger partial charge in [0.2, 0.25) is 5.91 Å². The number of thiocarbonyl (C=S) groups is 1. The van der Waals surface area contributed by atoms with Crippen molar-refractivity contribution in [1.82, 2.24) is 4.90 Å². The minimum Gasteiger partial charge on any atom is -0.393 e. The van der Waals surface area contributed by atoms with E-state index in [4.69, 9.17) is 18.0 Å². The second-order valence-electron chi connectivity index (χ2n) is 6.53. The zero-order chi connectivity index (χ0) is 13.9. The van der Waals surface area contributed by atoms with Crippen LogP contribution in [0.5, 0.6) is 0 Å². The minimum atomic E-state index is 0.107. The fourth-order valence-electron chi connectivity index (χ4n) is 2.52. The molecule has 2 unspecified atom stereocenters. The van der Waals surface area contributed by atoms with E-state index < -0.39 is 0 Å². The molecule has 0 radical (unpaired) electrons. The van der Waals surface area contributed by atoms with E-state index >= 15 is 0 Å². The number of hydrogen-bond donors (Lipinski definition) is 1. The van der Waals surface area contributed by atoms with Crippen LogP contribution in [-0.2, 0) is 4.79 Å². The number of amides is 1. The van der Waals surface area contributed by atoms with Gasteiger partial charge in [-0.1, -0.05) is 39.9 Å². The third-order valence-corrected chi connectivity index (χ3v) is 4.41. The lowest BCUT2D eigenvalue weighted by Gasteiger charge is -2.30. The molecule has 0 aromatic heterocycles. The van der Waals surface area contributed by atoms with E-state index in [0.717, 1.165) is 19.4 Å². The molecule has 1 aliphatic rings. The van der Waals surface area contributed by atoms with Gasteiger partial charge in [0.15, 0.2) is 0 Å². The average molecular weight is 270 g/mol. The second kappa shape index (κ2) is 6.00. The normalized spacial score (nSPS) is 23.7. The van der Waals surface area contributed by atoms with Crippen molar-refractivity contribution in [3.8, 4) is 0 Å². The maximum Gasteiger partial charge on any atom is 0.222 e. The molecule has 3 nitrogen and oxygen atoms in total. The Morgan fingerprint density at radius 2 is 2.11 bits per heavy atom. The fourth-order valence-corrected chi connectivity index (χ4v) is 2.59. The first-order chi connectivity index (χ1) is 8.21. The van der Waals surface area contributed by atoms with Crippen LogP contribution in [0.2, 0.25) is 0 Å². The number of hydrogen-bond acceptors (Lipinski definition) is 2. The van der Waals surface area contributed by atoms with Gasteiger partial charge >= 0.3 is 0 Å². The van der Waals surface area contributed by atoms with Crippen molar-refractivity contribution < 1.29 is 4.79 Å². The number of carbonyl (C=O) groups excluding carboxylic acids is 1. The topological polar surface area (TPSA) is 46.3 Å². The summed E-state index contributed by atoms with van der Waals surface area (Å²) < 4.78 is 0. The van der Waals surface area contributed by atoms with Crippen molar-refractivity contribution in [2.24, 2.45) is 23.0 Å². The summed E-state index contributed by atoms with van der Waals surface area (Å²) in [4.78, 5) is 14.5. The third-order valence-electron chi connectivity index (χ3n) is 4.01. The van der Waals surface area contributed by atoms with Crippen LogP contribution in [-0.4, -0.2) is 28.9 Å². The van der Waals surface area contributed by atoms with Crippen LogP contribution in [0.3, 0.4) is 0 Å². The molecule has 0 aliphatic carbocycles. The summed E-state index contributed by atoms with van der Waals surface area (Å²) in [7, 11) is 0. The van der Waals surface area contributed by atoms with Crippen LogP contribution in [0.25, 0.3) is 0 Å². The Kier molecular flexibility index (Phi) is 5.14. The molecule has 1 saturated heterocycles. The Morgan fingerprint density at radius 3 is 2.61 bits per heavy atom. The van der Waals surface area contributed by atoms with Crippen LogP contribution in [0, 0.1) is 17.3 Å². The van der Waals surface area contributed by atoms with E-state index in [2.05, 4.69) is 20.8 Å². The smallest absolute Gasteiger partial charge is 0.222 e. The van der Waals surface area contributed by atoms with Crippen LogP contribution >= 0.6 is 12.2 Å². The monoisotopic (exact) mass is 270 g/mol. The molecule has 0 bridgehead atoms. The number of rotatable bonds is 3. The summed E-state index contributed by atoms with van der Waals surface area (Å²) in [5.41, 5.74) is 5.91. The first kappa shape index (κ1) is 15.4. The largest absolute Gasteiger partial charge is 0.393 e. The van der Waals surface area contributed by atoms with Gasteiger partial charge in [0.05, 0.1) is 4.99 Å². The van der Waals surface area contributed by atoms with Crippen LogP contribution in [0.4, 0.5) is 0 Å². The zero-order valence-electron chi connectivity index (χ0n) is 12.0. The lowest BCUT2D eigenvalue weighted by molar-refractivity contribution is -0.130. The minimum absolute atomic E-state index is 0.107. The maximum absolute atomic E-state index is 12.1. The molecule has 4 heteroatoms. The summed E-state index contributed by atoms with van der Waals surface area (Å²) in [6.45, 7) is 10.3. The number of nitrogens with two attached hydrogens (primary N) is 1. The Hall–Kier alpha value is -0.640. The van der Waals surface area contributed by atoms with Crippen LogP contribution in [0.15, 0.2) is 0 Å². The second-order valence-corrected chi connectivity index (χ2v) is 7.00. The Balaban J connectivity index is 2.62. The van der Waals surface area contributed by atoms with E-state index in [1.54, 1.807) is 0 Å². The van der Waals surface area contributed by atoms with Crippen molar-refractivity contribution in [3.63, 3.8) is 0 Å². The van der Waals surface area contributed by atoms with Gasteiger partial charge in [-0.25, -0.2) is 0 Å². The van der Waals surface area contributed by atoms with Crippen LogP contribution < -0.4 is 5.73 Å². The molecule has 0 aromatic rings. The highest BCUT2D eigenvalue weighted by atomic mass is 32.1. The van der Waals surface area contributed by atoms with Crippen molar-refractivity contribution in [1.29, 1.82) is 0 Å². The number of carbonyl (C=O) groups is 1. The first-order valence-corrected chi connectivity index (χ1v) is 7.19. The molecule has 2 atom stereocenters. The summed E-state index contributed by atoms with van der Waals surface area (Å²) in [5, 5.41) is 0. The number of likely N-dealkylation sites (tertiary alicyclic amines) is 1. The van der Waals surface area contributed by atoms with Crippen molar-refractivity contribution in [2.75, 3.05) is 13.1 Å². The molecular formula is C14H26N2OS. The Bertz CT molecular complexity index is 322. The van der Waals surface area contributed by atoms with Crippen molar-refractivity contribution in [2.45, 2.75) is 47.0 Å². The average Bonchev–Trinajstić information content (AvgIpc) is 2.41. The van der Waals surface area contributed by atoms with Gasteiger partial charge < -0.3 is 10.6 Å². The predicted octanol–water partition coefficient (Wildman–Crippen LogP) is 2.58.